The molecule has 0 N–H and O–H groups in total. The number of likely N-dealkylation sites (tertiary alicyclic amines) is 1. The third-order valence-corrected chi connectivity index (χ3v) is 2.20. The van der Waals surface area contributed by atoms with Crippen molar-refractivity contribution >= 4 is 17.5 Å². The molecule has 70 valence electrons. The maximum atomic E-state index is 12.8. The van der Waals surface area contributed by atoms with E-state index in [-0.39, 0.29) is 12.5 Å². The fourth-order valence-electron chi connectivity index (χ4n) is 1.38. The fourth-order valence-corrected chi connectivity index (χ4v) is 1.52. The summed E-state index contributed by atoms with van der Waals surface area (Å²) in [5.74, 6) is -0.154. The smallest absolute Gasteiger partial charge is 0.240 e. The summed E-state index contributed by atoms with van der Waals surface area (Å²) in [5, 5.41) is -0.532. The Morgan fingerprint density at radius 3 is 2.92 bits per heavy atom. The first-order valence-corrected chi connectivity index (χ1v) is 4.62. The fraction of sp³-hybridized carbons (Fsp3) is 0.875. The van der Waals surface area contributed by atoms with Gasteiger partial charge in [0.25, 0.3) is 0 Å². The van der Waals surface area contributed by atoms with Gasteiger partial charge in [0, 0.05) is 6.54 Å². The highest BCUT2D eigenvalue weighted by molar-refractivity contribution is 6.30. The lowest BCUT2D eigenvalue weighted by Crippen LogP contribution is -2.43. The number of carbonyl (C=O) groups excluding carboxylic acids is 1. The van der Waals surface area contributed by atoms with E-state index in [2.05, 4.69) is 0 Å². The second-order valence-corrected chi connectivity index (χ2v) is 3.79. The number of hydrogen-bond acceptors (Lipinski definition) is 1. The van der Waals surface area contributed by atoms with Crippen molar-refractivity contribution in [1.82, 2.24) is 4.90 Å². The lowest BCUT2D eigenvalue weighted by atomic mass is 10.1. The summed E-state index contributed by atoms with van der Waals surface area (Å²) in [5.41, 5.74) is 0. The summed E-state index contributed by atoms with van der Waals surface area (Å²) in [6.07, 6.45) is 0.454. The Labute approximate surface area is 76.7 Å². The van der Waals surface area contributed by atoms with Crippen LogP contribution < -0.4 is 0 Å². The Hall–Kier alpha value is -0.310. The number of nitrogens with zero attached hydrogens (tertiary/aromatic N) is 1. The molecule has 12 heavy (non-hydrogen) atoms. The number of amides is 1. The van der Waals surface area contributed by atoms with Gasteiger partial charge in [-0.1, -0.05) is 0 Å². The molecule has 1 rings (SSSR count). The SMILES string of the molecule is CC(Cl)C(=O)N1CCCC(F)C1. The van der Waals surface area contributed by atoms with Crippen LogP contribution in [0, 0.1) is 0 Å². The van der Waals surface area contributed by atoms with Gasteiger partial charge < -0.3 is 4.90 Å². The summed E-state index contributed by atoms with van der Waals surface area (Å²) in [7, 11) is 0. The van der Waals surface area contributed by atoms with Crippen molar-refractivity contribution in [2.24, 2.45) is 0 Å². The lowest BCUT2D eigenvalue weighted by Gasteiger charge is -2.29. The first-order valence-electron chi connectivity index (χ1n) is 4.18. The molecule has 1 aliphatic rings. The quantitative estimate of drug-likeness (QED) is 0.579. The van der Waals surface area contributed by atoms with Crippen LogP contribution in [0.2, 0.25) is 0 Å². The van der Waals surface area contributed by atoms with Crippen molar-refractivity contribution in [3.05, 3.63) is 0 Å². The van der Waals surface area contributed by atoms with Crippen molar-refractivity contribution in [3.8, 4) is 0 Å². The van der Waals surface area contributed by atoms with Gasteiger partial charge in [0.1, 0.15) is 11.5 Å². The standard InChI is InChI=1S/C8H13ClFNO/c1-6(9)8(12)11-4-2-3-7(10)5-11/h6-7H,2-5H2,1H3. The van der Waals surface area contributed by atoms with Crippen LogP contribution in [0.15, 0.2) is 0 Å². The molecule has 1 saturated heterocycles. The Bertz CT molecular complexity index is 174. The van der Waals surface area contributed by atoms with Gasteiger partial charge in [-0.3, -0.25) is 4.79 Å². The Morgan fingerprint density at radius 1 is 1.75 bits per heavy atom. The summed E-state index contributed by atoms with van der Waals surface area (Å²) < 4.78 is 12.8. The van der Waals surface area contributed by atoms with E-state index in [1.807, 2.05) is 0 Å². The van der Waals surface area contributed by atoms with E-state index in [0.717, 1.165) is 6.42 Å². The number of halogens is 2. The summed E-state index contributed by atoms with van der Waals surface area (Å²) in [6, 6.07) is 0. The van der Waals surface area contributed by atoms with E-state index in [0.29, 0.717) is 13.0 Å². The van der Waals surface area contributed by atoms with Crippen LogP contribution in [0.5, 0.6) is 0 Å². The summed E-state index contributed by atoms with van der Waals surface area (Å²) in [6.45, 7) is 2.48. The predicted octanol–water partition coefficient (Wildman–Crippen LogP) is 1.57. The molecule has 1 heterocycles. The number of rotatable bonds is 1. The minimum atomic E-state index is -0.863. The van der Waals surface area contributed by atoms with Crippen LogP contribution in [0.1, 0.15) is 19.8 Å². The molecule has 0 aromatic rings. The van der Waals surface area contributed by atoms with Crippen LogP contribution in [0.25, 0.3) is 0 Å². The maximum absolute atomic E-state index is 12.8. The van der Waals surface area contributed by atoms with Gasteiger partial charge in [0.2, 0.25) is 5.91 Å². The lowest BCUT2D eigenvalue weighted by molar-refractivity contribution is -0.132. The second kappa shape index (κ2) is 4.08. The Morgan fingerprint density at radius 2 is 2.42 bits per heavy atom. The van der Waals surface area contributed by atoms with Gasteiger partial charge >= 0.3 is 0 Å². The Balaban J connectivity index is 2.46. The van der Waals surface area contributed by atoms with Crippen LogP contribution in [0.4, 0.5) is 4.39 Å². The van der Waals surface area contributed by atoms with E-state index in [4.69, 9.17) is 11.6 Å². The molecule has 4 heteroatoms. The zero-order valence-corrected chi connectivity index (χ0v) is 7.85. The monoisotopic (exact) mass is 193 g/mol. The highest BCUT2D eigenvalue weighted by atomic mass is 35.5. The van der Waals surface area contributed by atoms with Gasteiger partial charge in [0.05, 0.1) is 6.54 Å². The third kappa shape index (κ3) is 2.34. The minimum Gasteiger partial charge on any atom is -0.339 e. The largest absolute Gasteiger partial charge is 0.339 e. The zero-order valence-electron chi connectivity index (χ0n) is 7.09. The van der Waals surface area contributed by atoms with E-state index in [1.54, 1.807) is 6.92 Å². The van der Waals surface area contributed by atoms with E-state index in [9.17, 15) is 9.18 Å². The molecule has 0 aromatic carbocycles. The molecule has 0 aliphatic carbocycles. The molecular formula is C8H13ClFNO. The number of piperidine rings is 1. The van der Waals surface area contributed by atoms with E-state index >= 15 is 0 Å². The van der Waals surface area contributed by atoms with Gasteiger partial charge in [-0.25, -0.2) is 4.39 Å². The zero-order chi connectivity index (χ0) is 9.14. The van der Waals surface area contributed by atoms with Crippen molar-refractivity contribution in [3.63, 3.8) is 0 Å². The number of hydrogen-bond donors (Lipinski definition) is 0. The van der Waals surface area contributed by atoms with Crippen LogP contribution in [0.3, 0.4) is 0 Å². The molecule has 1 amide bonds. The van der Waals surface area contributed by atoms with Crippen molar-refractivity contribution < 1.29 is 9.18 Å². The molecule has 2 atom stereocenters. The topological polar surface area (TPSA) is 20.3 Å². The summed E-state index contributed by atoms with van der Waals surface area (Å²) in [4.78, 5) is 12.8. The van der Waals surface area contributed by atoms with Gasteiger partial charge in [0.15, 0.2) is 0 Å². The number of carbonyl (C=O) groups is 1. The molecule has 1 fully saturated rings. The Kier molecular flexibility index (Phi) is 3.32. The first kappa shape index (κ1) is 9.78. The van der Waals surface area contributed by atoms with Crippen LogP contribution >= 0.6 is 11.6 Å². The molecule has 0 spiro atoms. The molecule has 2 unspecified atom stereocenters. The molecule has 0 bridgehead atoms. The highest BCUT2D eigenvalue weighted by Gasteiger charge is 2.25. The van der Waals surface area contributed by atoms with Crippen LogP contribution in [-0.2, 0) is 4.79 Å². The first-order chi connectivity index (χ1) is 5.61. The third-order valence-electron chi connectivity index (χ3n) is 2.02. The molecule has 0 saturated carbocycles. The molecule has 0 radical (unpaired) electrons. The van der Waals surface area contributed by atoms with Gasteiger partial charge in [-0.15, -0.1) is 11.6 Å². The highest BCUT2D eigenvalue weighted by Crippen LogP contribution is 2.14. The van der Waals surface area contributed by atoms with Crippen LogP contribution in [-0.4, -0.2) is 35.4 Å². The normalized spacial score (nSPS) is 26.9. The van der Waals surface area contributed by atoms with E-state index in [1.165, 1.54) is 4.90 Å². The second-order valence-electron chi connectivity index (χ2n) is 3.14. The molecule has 2 nitrogen and oxygen atoms in total. The predicted molar refractivity (Wildman–Crippen MR) is 46.0 cm³/mol. The van der Waals surface area contributed by atoms with E-state index < -0.39 is 11.5 Å². The maximum Gasteiger partial charge on any atom is 0.240 e. The van der Waals surface area contributed by atoms with Crippen molar-refractivity contribution in [1.29, 1.82) is 0 Å². The number of alkyl halides is 2. The summed E-state index contributed by atoms with van der Waals surface area (Å²) >= 11 is 5.60. The van der Waals surface area contributed by atoms with Gasteiger partial charge in [-0.05, 0) is 19.8 Å². The average Bonchev–Trinajstić information content (AvgIpc) is 2.03. The molecule has 0 aromatic heterocycles. The van der Waals surface area contributed by atoms with Gasteiger partial charge in [-0.2, -0.15) is 0 Å². The average molecular weight is 194 g/mol. The molecular weight excluding hydrogens is 181 g/mol. The van der Waals surface area contributed by atoms with Crippen molar-refractivity contribution in [2.45, 2.75) is 31.3 Å². The van der Waals surface area contributed by atoms with Crippen molar-refractivity contribution in [2.75, 3.05) is 13.1 Å². The minimum absolute atomic E-state index is 0.154. The molecule has 1 aliphatic heterocycles.